The van der Waals surface area contributed by atoms with Crippen molar-refractivity contribution in [2.45, 2.75) is 32.4 Å². The van der Waals surface area contributed by atoms with Crippen molar-refractivity contribution in [1.29, 1.82) is 0 Å². The van der Waals surface area contributed by atoms with Gasteiger partial charge in [-0.3, -0.25) is 14.4 Å². The zero-order valence-electron chi connectivity index (χ0n) is 18.6. The molecule has 1 aliphatic rings. The molecule has 2 N–H and O–H groups in total. The molecule has 2 aromatic carbocycles. The Morgan fingerprint density at radius 3 is 2.42 bits per heavy atom. The molecule has 33 heavy (non-hydrogen) atoms. The maximum absolute atomic E-state index is 13.2. The molecule has 0 saturated heterocycles. The molecule has 1 atom stereocenters. The normalized spacial score (nSPS) is 14.5. The molecule has 0 radical (unpaired) electrons. The van der Waals surface area contributed by atoms with E-state index in [0.29, 0.717) is 35.1 Å². The van der Waals surface area contributed by atoms with E-state index in [1.165, 1.54) is 40.3 Å². The zero-order valence-corrected chi connectivity index (χ0v) is 18.6. The van der Waals surface area contributed by atoms with Crippen LogP contribution in [0.3, 0.4) is 0 Å². The minimum Gasteiger partial charge on any atom is -0.493 e. The summed E-state index contributed by atoms with van der Waals surface area (Å²) < 4.78 is 41.9. The first-order valence-electron chi connectivity index (χ1n) is 10.1. The van der Waals surface area contributed by atoms with Crippen molar-refractivity contribution in [2.75, 3.05) is 21.3 Å². The van der Waals surface area contributed by atoms with Crippen molar-refractivity contribution in [3.8, 4) is 28.4 Å². The van der Waals surface area contributed by atoms with Crippen LogP contribution in [0.2, 0.25) is 0 Å². The molecule has 1 aliphatic carbocycles. The summed E-state index contributed by atoms with van der Waals surface area (Å²) in [5.41, 5.74) is 1.30. The van der Waals surface area contributed by atoms with Crippen molar-refractivity contribution in [1.82, 2.24) is 10.6 Å². The first kappa shape index (κ1) is 24.0. The van der Waals surface area contributed by atoms with Gasteiger partial charge in [-0.05, 0) is 47.7 Å². The third-order valence-electron chi connectivity index (χ3n) is 5.39. The molecule has 0 unspecified atom stereocenters. The van der Waals surface area contributed by atoms with Crippen LogP contribution in [-0.4, -0.2) is 39.7 Å². The monoisotopic (exact) mass is 462 g/mol. The minimum absolute atomic E-state index is 0.00508. The SMILES string of the molecule is CNC(=O)c1ccc2c(cc1=O)[C@@H](NC(C)=O)CCc1cc(OC)c(OC(F)F)c(OC)c1-2. The van der Waals surface area contributed by atoms with E-state index in [9.17, 15) is 23.2 Å². The smallest absolute Gasteiger partial charge is 0.387 e. The number of hydrogen-bond donors (Lipinski definition) is 2. The summed E-state index contributed by atoms with van der Waals surface area (Å²) in [7, 11) is 4.03. The van der Waals surface area contributed by atoms with Gasteiger partial charge in [0.1, 0.15) is 0 Å². The minimum atomic E-state index is -3.14. The highest BCUT2D eigenvalue weighted by Crippen LogP contribution is 2.50. The fourth-order valence-electron chi connectivity index (χ4n) is 4.04. The van der Waals surface area contributed by atoms with Crippen LogP contribution in [0.1, 0.15) is 40.9 Å². The van der Waals surface area contributed by atoms with Crippen LogP contribution in [0, 0.1) is 0 Å². The Morgan fingerprint density at radius 1 is 1.12 bits per heavy atom. The van der Waals surface area contributed by atoms with Gasteiger partial charge in [-0.15, -0.1) is 0 Å². The summed E-state index contributed by atoms with van der Waals surface area (Å²) in [6.45, 7) is -1.78. The predicted molar refractivity (Wildman–Crippen MR) is 116 cm³/mol. The summed E-state index contributed by atoms with van der Waals surface area (Å²) in [5, 5.41) is 5.24. The Kier molecular flexibility index (Phi) is 7.15. The van der Waals surface area contributed by atoms with E-state index in [2.05, 4.69) is 10.6 Å². The summed E-state index contributed by atoms with van der Waals surface area (Å²) in [6, 6.07) is 5.18. The lowest BCUT2D eigenvalue weighted by atomic mass is 9.95. The Balaban J connectivity index is 2.42. The van der Waals surface area contributed by atoms with E-state index >= 15 is 0 Å². The molecule has 0 fully saturated rings. The molecule has 0 bridgehead atoms. The van der Waals surface area contributed by atoms with Crippen molar-refractivity contribution in [3.63, 3.8) is 0 Å². The van der Waals surface area contributed by atoms with Gasteiger partial charge in [-0.1, -0.05) is 6.07 Å². The van der Waals surface area contributed by atoms with E-state index < -0.39 is 24.0 Å². The van der Waals surface area contributed by atoms with Gasteiger partial charge < -0.3 is 24.8 Å². The lowest BCUT2D eigenvalue weighted by Crippen LogP contribution is -2.27. The maximum atomic E-state index is 13.2. The Morgan fingerprint density at radius 2 is 1.85 bits per heavy atom. The highest BCUT2D eigenvalue weighted by atomic mass is 19.3. The van der Waals surface area contributed by atoms with E-state index in [1.807, 2.05) is 0 Å². The fourth-order valence-corrected chi connectivity index (χ4v) is 4.04. The molecule has 0 heterocycles. The summed E-state index contributed by atoms with van der Waals surface area (Å²) >= 11 is 0. The highest BCUT2D eigenvalue weighted by molar-refractivity contribution is 5.94. The van der Waals surface area contributed by atoms with E-state index in [4.69, 9.17) is 14.2 Å². The molecular formula is C23H24F2N2O6. The fraction of sp³-hybridized carbons (Fsp3) is 0.348. The van der Waals surface area contributed by atoms with Gasteiger partial charge in [0.25, 0.3) is 5.91 Å². The number of methoxy groups -OCH3 is 2. The van der Waals surface area contributed by atoms with Gasteiger partial charge in [-0.25, -0.2) is 0 Å². The highest BCUT2D eigenvalue weighted by Gasteiger charge is 2.30. The second kappa shape index (κ2) is 9.85. The van der Waals surface area contributed by atoms with E-state index in [1.54, 1.807) is 12.1 Å². The molecule has 2 amide bonds. The molecular weight excluding hydrogens is 438 g/mol. The number of rotatable bonds is 6. The number of aryl methyl sites for hydroxylation is 1. The van der Waals surface area contributed by atoms with Crippen LogP contribution >= 0.6 is 0 Å². The van der Waals surface area contributed by atoms with Crippen LogP contribution in [0.25, 0.3) is 11.1 Å². The molecule has 0 spiro atoms. The van der Waals surface area contributed by atoms with Crippen LogP contribution in [0.15, 0.2) is 29.1 Å². The van der Waals surface area contributed by atoms with Crippen molar-refractivity contribution in [2.24, 2.45) is 0 Å². The average Bonchev–Trinajstić information content (AvgIpc) is 3.01. The van der Waals surface area contributed by atoms with E-state index in [-0.39, 0.29) is 28.7 Å². The summed E-state index contributed by atoms with van der Waals surface area (Å²) in [6.07, 6.45) is 0.816. The molecule has 0 aromatic heterocycles. The lowest BCUT2D eigenvalue weighted by Gasteiger charge is -2.20. The molecule has 2 aromatic rings. The van der Waals surface area contributed by atoms with Gasteiger partial charge in [-0.2, -0.15) is 8.78 Å². The number of ether oxygens (including phenoxy) is 3. The van der Waals surface area contributed by atoms with Gasteiger partial charge >= 0.3 is 6.61 Å². The summed E-state index contributed by atoms with van der Waals surface area (Å²) in [5.74, 6) is -1.13. The van der Waals surface area contributed by atoms with Gasteiger partial charge in [0.15, 0.2) is 16.9 Å². The number of carbonyl (C=O) groups excluding carboxylic acids is 2. The first-order chi connectivity index (χ1) is 15.7. The van der Waals surface area contributed by atoms with Gasteiger partial charge in [0.05, 0.1) is 25.8 Å². The maximum Gasteiger partial charge on any atom is 0.387 e. The number of fused-ring (bicyclic) bond motifs is 3. The van der Waals surface area contributed by atoms with Crippen molar-refractivity contribution in [3.05, 3.63) is 51.2 Å². The number of benzene rings is 1. The first-order valence-corrected chi connectivity index (χ1v) is 10.1. The Hall–Kier alpha value is -3.69. The standard InChI is InChI=1S/C23H24F2N2O6/c1-11(28)27-16-8-5-12-9-18(31-3)20(33-23(24)25)21(32-4)19(12)13-6-7-14(22(30)26-2)17(29)10-15(13)16/h6-7,9-10,16,23H,5,8H2,1-4H3,(H,26,30)(H,27,28)/t16-/m0/s1. The zero-order chi connectivity index (χ0) is 24.3. The number of amides is 2. The van der Waals surface area contributed by atoms with Gasteiger partial charge in [0, 0.05) is 19.5 Å². The molecule has 3 rings (SSSR count). The quantitative estimate of drug-likeness (QED) is 0.685. The number of alkyl halides is 2. The van der Waals surface area contributed by atoms with Crippen LogP contribution < -0.4 is 30.3 Å². The molecule has 0 saturated carbocycles. The lowest BCUT2D eigenvalue weighted by molar-refractivity contribution is -0.119. The Labute approximate surface area is 188 Å². The molecule has 0 aliphatic heterocycles. The predicted octanol–water partition coefficient (Wildman–Crippen LogP) is 2.82. The molecule has 176 valence electrons. The largest absolute Gasteiger partial charge is 0.493 e. The second-order valence-electron chi connectivity index (χ2n) is 7.35. The Bertz CT molecular complexity index is 1150. The summed E-state index contributed by atoms with van der Waals surface area (Å²) in [4.78, 5) is 37.0. The number of hydrogen-bond acceptors (Lipinski definition) is 6. The van der Waals surface area contributed by atoms with Crippen LogP contribution in [-0.2, 0) is 11.2 Å². The average molecular weight is 462 g/mol. The van der Waals surface area contributed by atoms with Crippen LogP contribution in [0.5, 0.6) is 17.2 Å². The number of nitrogens with one attached hydrogen (secondary N) is 2. The topological polar surface area (TPSA) is 103 Å². The molecule has 8 nitrogen and oxygen atoms in total. The van der Waals surface area contributed by atoms with Crippen molar-refractivity contribution < 1.29 is 32.6 Å². The second-order valence-corrected chi connectivity index (χ2v) is 7.35. The van der Waals surface area contributed by atoms with Crippen LogP contribution in [0.4, 0.5) is 8.78 Å². The third-order valence-corrected chi connectivity index (χ3v) is 5.39. The van der Waals surface area contributed by atoms with E-state index in [0.717, 1.165) is 0 Å². The number of halogens is 2. The molecule has 10 heteroatoms. The number of carbonyl (C=O) groups is 2. The van der Waals surface area contributed by atoms with Crippen molar-refractivity contribution >= 4 is 11.8 Å². The third kappa shape index (κ3) is 4.74. The van der Waals surface area contributed by atoms with Gasteiger partial charge in [0.2, 0.25) is 11.7 Å².